The topological polar surface area (TPSA) is 60.4 Å². The highest BCUT2D eigenvalue weighted by molar-refractivity contribution is 7.91. The second-order valence-electron chi connectivity index (χ2n) is 4.00. The number of hydrogen-bond donors (Lipinski definition) is 0. The average molecular weight is 268 g/mol. The first-order valence-electron chi connectivity index (χ1n) is 5.46. The predicted molar refractivity (Wildman–Crippen MR) is 68.8 cm³/mol. The summed E-state index contributed by atoms with van der Waals surface area (Å²) in [6.07, 6.45) is 1.39. The number of sulfone groups is 1. The van der Waals surface area contributed by atoms with Crippen LogP contribution in [-0.2, 0) is 19.4 Å². The number of hydrogen-bond acceptors (Lipinski definition) is 4. The molecule has 1 aromatic carbocycles. The first-order chi connectivity index (χ1) is 8.31. The molecule has 0 unspecified atom stereocenters. The van der Waals surface area contributed by atoms with Crippen LogP contribution in [0.3, 0.4) is 0 Å². The zero-order valence-corrected chi connectivity index (χ0v) is 11.5. The minimum Gasteiger partial charge on any atom is -0.432 e. The molecule has 0 saturated carbocycles. The lowest BCUT2D eigenvalue weighted by Crippen LogP contribution is -2.06. The third-order valence-corrected chi connectivity index (χ3v) is 3.87. The number of allylic oxidation sites excluding steroid dienone is 1. The Labute approximate surface area is 107 Å². The summed E-state index contributed by atoms with van der Waals surface area (Å²) in [5, 5.41) is 0. The molecule has 18 heavy (non-hydrogen) atoms. The molecule has 0 aliphatic rings. The van der Waals surface area contributed by atoms with Gasteiger partial charge in [-0.3, -0.25) is 4.79 Å². The van der Waals surface area contributed by atoms with Crippen LogP contribution in [0.15, 0.2) is 41.0 Å². The molecule has 5 heteroatoms. The zero-order valence-electron chi connectivity index (χ0n) is 10.6. The van der Waals surface area contributed by atoms with Gasteiger partial charge < -0.3 is 4.74 Å². The van der Waals surface area contributed by atoms with E-state index in [4.69, 9.17) is 4.74 Å². The molecule has 0 spiro atoms. The fourth-order valence-corrected chi connectivity index (χ4v) is 2.53. The van der Waals surface area contributed by atoms with Crippen molar-refractivity contribution >= 4 is 15.8 Å². The number of carbonyl (C=O) groups excluding carboxylic acids is 1. The number of ether oxygens (including phenoxy) is 1. The zero-order chi connectivity index (χ0) is 13.8. The van der Waals surface area contributed by atoms with E-state index in [9.17, 15) is 13.2 Å². The van der Waals surface area contributed by atoms with Gasteiger partial charge in [0.05, 0.1) is 10.6 Å². The summed E-state index contributed by atoms with van der Waals surface area (Å²) in [7, 11) is -3.38. The minimum atomic E-state index is -3.38. The Kier molecular flexibility index (Phi) is 4.67. The van der Waals surface area contributed by atoms with Gasteiger partial charge in [-0.25, -0.2) is 8.42 Å². The lowest BCUT2D eigenvalue weighted by molar-refractivity contribution is -0.136. The second-order valence-corrected chi connectivity index (χ2v) is 6.04. The molecule has 0 N–H and O–H groups in total. The Morgan fingerprint density at radius 3 is 2.28 bits per heavy atom. The van der Waals surface area contributed by atoms with Gasteiger partial charge >= 0.3 is 5.97 Å². The third-order valence-electron chi connectivity index (χ3n) is 2.28. The Morgan fingerprint density at radius 2 is 1.78 bits per heavy atom. The molecule has 0 aromatic heterocycles. The van der Waals surface area contributed by atoms with E-state index < -0.39 is 15.8 Å². The maximum atomic E-state index is 11.9. The molecule has 0 aliphatic heterocycles. The van der Waals surface area contributed by atoms with Crippen molar-refractivity contribution in [1.82, 2.24) is 0 Å². The summed E-state index contributed by atoms with van der Waals surface area (Å²) in [6, 6.07) is 6.63. The van der Waals surface area contributed by atoms with E-state index in [1.807, 2.05) is 6.92 Å². The normalized spacial score (nSPS) is 12.3. The van der Waals surface area contributed by atoms with Gasteiger partial charge in [0.1, 0.15) is 5.76 Å². The molecule has 1 rings (SSSR count). The van der Waals surface area contributed by atoms with Crippen molar-refractivity contribution in [3.63, 3.8) is 0 Å². The van der Waals surface area contributed by atoms with Crippen LogP contribution in [0.2, 0.25) is 0 Å². The molecular weight excluding hydrogens is 252 g/mol. The molecule has 0 bridgehead atoms. The highest BCUT2D eigenvalue weighted by atomic mass is 32.2. The Morgan fingerprint density at radius 1 is 1.22 bits per heavy atom. The molecule has 0 aliphatic carbocycles. The molecule has 98 valence electrons. The van der Waals surface area contributed by atoms with Crippen molar-refractivity contribution in [3.8, 4) is 0 Å². The predicted octanol–water partition coefficient (Wildman–Crippen LogP) is 2.24. The van der Waals surface area contributed by atoms with Crippen molar-refractivity contribution in [1.29, 1.82) is 0 Å². The van der Waals surface area contributed by atoms with Gasteiger partial charge in [-0.05, 0) is 32.1 Å². The van der Waals surface area contributed by atoms with Crippen LogP contribution in [0.5, 0.6) is 0 Å². The standard InChI is InChI=1S/C13H16O4S/c1-10-4-6-13(7-5-10)18(15,16)9-8-11(2)17-12(3)14/h4-8H,9H2,1-3H3/b11-8+. The molecule has 1 aromatic rings. The molecule has 0 heterocycles. The van der Waals surface area contributed by atoms with E-state index in [0.29, 0.717) is 0 Å². The van der Waals surface area contributed by atoms with Crippen molar-refractivity contribution in [2.75, 3.05) is 5.75 Å². The number of rotatable bonds is 4. The molecule has 0 radical (unpaired) electrons. The smallest absolute Gasteiger partial charge is 0.307 e. The fraction of sp³-hybridized carbons (Fsp3) is 0.308. The van der Waals surface area contributed by atoms with E-state index in [2.05, 4.69) is 0 Å². The average Bonchev–Trinajstić information content (AvgIpc) is 2.26. The summed E-state index contributed by atoms with van der Waals surface area (Å²) in [4.78, 5) is 10.9. The molecular formula is C13H16O4S. The van der Waals surface area contributed by atoms with Gasteiger partial charge in [0.25, 0.3) is 0 Å². The van der Waals surface area contributed by atoms with Gasteiger partial charge in [0.2, 0.25) is 0 Å². The fourth-order valence-electron chi connectivity index (χ4n) is 1.34. The van der Waals surface area contributed by atoms with Crippen molar-refractivity contribution in [2.24, 2.45) is 0 Å². The first-order valence-corrected chi connectivity index (χ1v) is 7.11. The van der Waals surface area contributed by atoms with Crippen molar-refractivity contribution in [3.05, 3.63) is 41.7 Å². The van der Waals surface area contributed by atoms with Gasteiger partial charge in [-0.15, -0.1) is 0 Å². The number of carbonyl (C=O) groups is 1. The maximum Gasteiger partial charge on any atom is 0.307 e. The molecule has 0 fully saturated rings. The number of aryl methyl sites for hydroxylation is 1. The largest absolute Gasteiger partial charge is 0.432 e. The number of benzene rings is 1. The summed E-state index contributed by atoms with van der Waals surface area (Å²) in [6.45, 7) is 4.71. The molecule has 4 nitrogen and oxygen atoms in total. The quantitative estimate of drug-likeness (QED) is 0.620. The van der Waals surface area contributed by atoms with Gasteiger partial charge in [-0.1, -0.05) is 17.7 Å². The first kappa shape index (κ1) is 14.4. The maximum absolute atomic E-state index is 11.9. The van der Waals surface area contributed by atoms with Crippen molar-refractivity contribution in [2.45, 2.75) is 25.7 Å². The molecule has 0 atom stereocenters. The summed E-state index contributed by atoms with van der Waals surface area (Å²) >= 11 is 0. The van der Waals surface area contributed by atoms with E-state index in [1.165, 1.54) is 13.0 Å². The third kappa shape index (κ3) is 4.33. The van der Waals surface area contributed by atoms with Gasteiger partial charge in [-0.2, -0.15) is 0 Å². The van der Waals surface area contributed by atoms with Crippen LogP contribution in [-0.4, -0.2) is 20.1 Å². The van der Waals surface area contributed by atoms with Gasteiger partial charge in [0.15, 0.2) is 9.84 Å². The SMILES string of the molecule is CC(=O)O/C(C)=C/CS(=O)(=O)c1ccc(C)cc1. The van der Waals surface area contributed by atoms with Crippen LogP contribution in [0.4, 0.5) is 0 Å². The van der Waals surface area contributed by atoms with E-state index in [-0.39, 0.29) is 16.4 Å². The van der Waals surface area contributed by atoms with Crippen LogP contribution < -0.4 is 0 Å². The summed E-state index contributed by atoms with van der Waals surface area (Å²) in [5.74, 6) is -0.357. The summed E-state index contributed by atoms with van der Waals surface area (Å²) < 4.78 is 28.7. The molecule has 0 amide bonds. The Bertz CT molecular complexity index is 553. The van der Waals surface area contributed by atoms with Crippen LogP contribution >= 0.6 is 0 Å². The summed E-state index contributed by atoms with van der Waals surface area (Å²) in [5.41, 5.74) is 1.00. The molecule has 0 saturated heterocycles. The van der Waals surface area contributed by atoms with Crippen LogP contribution in [0.25, 0.3) is 0 Å². The van der Waals surface area contributed by atoms with Crippen molar-refractivity contribution < 1.29 is 17.9 Å². The monoisotopic (exact) mass is 268 g/mol. The highest BCUT2D eigenvalue weighted by Crippen LogP contribution is 2.13. The Balaban J connectivity index is 2.83. The second kappa shape index (κ2) is 5.82. The Hall–Kier alpha value is -1.62. The van der Waals surface area contributed by atoms with E-state index in [0.717, 1.165) is 5.56 Å². The van der Waals surface area contributed by atoms with Gasteiger partial charge in [0, 0.05) is 6.92 Å². The number of esters is 1. The van der Waals surface area contributed by atoms with E-state index in [1.54, 1.807) is 31.2 Å². The van der Waals surface area contributed by atoms with E-state index >= 15 is 0 Å². The minimum absolute atomic E-state index is 0.185. The van der Waals surface area contributed by atoms with Crippen LogP contribution in [0.1, 0.15) is 19.4 Å². The lowest BCUT2D eigenvalue weighted by Gasteiger charge is -2.03. The lowest BCUT2D eigenvalue weighted by atomic mass is 10.2. The highest BCUT2D eigenvalue weighted by Gasteiger charge is 2.12. The van der Waals surface area contributed by atoms with Crippen LogP contribution in [0, 0.1) is 6.92 Å².